The van der Waals surface area contributed by atoms with Gasteiger partial charge < -0.3 is 9.84 Å². The Morgan fingerprint density at radius 1 is 0.500 bits per heavy atom. The molecule has 0 bridgehead atoms. The minimum atomic E-state index is -0.710. The number of aliphatic carboxylic acids is 1. The zero-order valence-corrected chi connectivity index (χ0v) is 30.1. The molecule has 1 N–H and O–H groups in total. The molecule has 1 atom stereocenters. The molecule has 0 rings (SSSR count). The summed E-state index contributed by atoms with van der Waals surface area (Å²) in [6.45, 7) is 4.41. The van der Waals surface area contributed by atoms with E-state index in [-0.39, 0.29) is 18.5 Å². The molecule has 0 saturated heterocycles. The maximum atomic E-state index is 12.6. The van der Waals surface area contributed by atoms with Gasteiger partial charge in [-0.15, -0.1) is 0 Å². The molecule has 0 heterocycles. The maximum absolute atomic E-state index is 12.6. The molecular weight excluding hydrogens is 568 g/mol. The minimum absolute atomic E-state index is 0.0118. The van der Waals surface area contributed by atoms with Crippen LogP contribution in [0.25, 0.3) is 0 Å². The number of hydrogen-bond donors (Lipinski definition) is 1. The van der Waals surface area contributed by atoms with Crippen LogP contribution in [0.15, 0.2) is 60.8 Å². The van der Waals surface area contributed by atoms with E-state index in [2.05, 4.69) is 74.6 Å². The second-order valence-electron chi connectivity index (χ2n) is 12.7. The summed E-state index contributed by atoms with van der Waals surface area (Å²) in [6, 6.07) is 0. The van der Waals surface area contributed by atoms with Crippen molar-refractivity contribution in [3.63, 3.8) is 0 Å². The van der Waals surface area contributed by atoms with E-state index < -0.39 is 5.97 Å². The summed E-state index contributed by atoms with van der Waals surface area (Å²) in [7, 11) is 0. The Morgan fingerprint density at radius 2 is 0.913 bits per heavy atom. The molecule has 0 fully saturated rings. The zero-order valence-electron chi connectivity index (χ0n) is 30.1. The molecule has 0 aliphatic heterocycles. The summed E-state index contributed by atoms with van der Waals surface area (Å²) < 4.78 is 5.97. The highest BCUT2D eigenvalue weighted by atomic mass is 16.5. The van der Waals surface area contributed by atoms with Crippen molar-refractivity contribution in [1.82, 2.24) is 0 Å². The lowest BCUT2D eigenvalue weighted by atomic mass is 10.0. The van der Waals surface area contributed by atoms with E-state index in [9.17, 15) is 9.59 Å². The topological polar surface area (TPSA) is 63.6 Å². The summed E-state index contributed by atoms with van der Waals surface area (Å²) in [4.78, 5) is 23.4. The molecule has 0 aromatic heterocycles. The quantitative estimate of drug-likeness (QED) is 0.0432. The summed E-state index contributed by atoms with van der Waals surface area (Å²) in [6.07, 6.45) is 50.9. The van der Waals surface area contributed by atoms with Crippen molar-refractivity contribution >= 4 is 11.9 Å². The average molecular weight is 641 g/mol. The summed E-state index contributed by atoms with van der Waals surface area (Å²) >= 11 is 0. The van der Waals surface area contributed by atoms with Crippen molar-refractivity contribution in [2.24, 2.45) is 0 Å². The number of unbranched alkanes of at least 4 members (excludes halogenated alkanes) is 15. The number of carbonyl (C=O) groups excluding carboxylic acids is 1. The largest absolute Gasteiger partial charge is 0.481 e. The Morgan fingerprint density at radius 3 is 1.48 bits per heavy atom. The highest BCUT2D eigenvalue weighted by Crippen LogP contribution is 2.18. The van der Waals surface area contributed by atoms with Crippen LogP contribution in [0.4, 0.5) is 0 Å². The lowest BCUT2D eigenvalue weighted by Gasteiger charge is -2.18. The van der Waals surface area contributed by atoms with E-state index in [0.29, 0.717) is 6.42 Å². The van der Waals surface area contributed by atoms with Crippen LogP contribution in [0, 0.1) is 0 Å². The molecule has 0 aliphatic carbocycles. The first-order valence-corrected chi connectivity index (χ1v) is 19.3. The second kappa shape index (κ2) is 37.1. The zero-order chi connectivity index (χ0) is 33.6. The van der Waals surface area contributed by atoms with Gasteiger partial charge in [-0.2, -0.15) is 0 Å². The first-order chi connectivity index (χ1) is 22.6. The number of ether oxygens (including phenoxy) is 1. The van der Waals surface area contributed by atoms with Crippen molar-refractivity contribution in [1.29, 1.82) is 0 Å². The van der Waals surface area contributed by atoms with Crippen LogP contribution >= 0.6 is 0 Å². The minimum Gasteiger partial charge on any atom is -0.481 e. The molecule has 46 heavy (non-hydrogen) atoms. The van der Waals surface area contributed by atoms with E-state index >= 15 is 0 Å². The van der Waals surface area contributed by atoms with Gasteiger partial charge in [0, 0.05) is 12.8 Å². The molecule has 4 nitrogen and oxygen atoms in total. The number of carbonyl (C=O) groups is 2. The van der Waals surface area contributed by atoms with Crippen molar-refractivity contribution in [3.05, 3.63) is 60.8 Å². The predicted molar refractivity (Wildman–Crippen MR) is 199 cm³/mol. The molecule has 0 aliphatic rings. The molecule has 0 aromatic rings. The Hall–Kier alpha value is -2.36. The van der Waals surface area contributed by atoms with Gasteiger partial charge in [0.1, 0.15) is 6.10 Å². The third-order valence-electron chi connectivity index (χ3n) is 8.22. The lowest BCUT2D eigenvalue weighted by Crippen LogP contribution is -2.18. The van der Waals surface area contributed by atoms with Crippen molar-refractivity contribution in [2.75, 3.05) is 0 Å². The van der Waals surface area contributed by atoms with Crippen molar-refractivity contribution in [2.45, 2.75) is 193 Å². The second-order valence-corrected chi connectivity index (χ2v) is 12.7. The SMILES string of the molecule is CC/C=C\C/C=C\C/C=C\C/C=C\CCCCC(CCCCCCCC(=O)O)OC(=O)CCCCCCC/C=C\CCCCCC. The van der Waals surface area contributed by atoms with Gasteiger partial charge in [0.2, 0.25) is 0 Å². The van der Waals surface area contributed by atoms with Crippen LogP contribution in [0.2, 0.25) is 0 Å². The molecule has 1 unspecified atom stereocenters. The van der Waals surface area contributed by atoms with Crippen LogP contribution in [-0.2, 0) is 14.3 Å². The van der Waals surface area contributed by atoms with Gasteiger partial charge >= 0.3 is 11.9 Å². The number of rotatable bonds is 34. The highest BCUT2D eigenvalue weighted by Gasteiger charge is 2.14. The Bertz CT molecular complexity index is 820. The van der Waals surface area contributed by atoms with Gasteiger partial charge in [0.05, 0.1) is 0 Å². The van der Waals surface area contributed by atoms with Crippen LogP contribution in [0.3, 0.4) is 0 Å². The lowest BCUT2D eigenvalue weighted by molar-refractivity contribution is -0.150. The third-order valence-corrected chi connectivity index (χ3v) is 8.22. The average Bonchev–Trinajstić information content (AvgIpc) is 3.04. The van der Waals surface area contributed by atoms with E-state index in [1.54, 1.807) is 0 Å². The number of allylic oxidation sites excluding steroid dienone is 10. The number of esters is 1. The van der Waals surface area contributed by atoms with Crippen LogP contribution in [-0.4, -0.2) is 23.1 Å². The van der Waals surface area contributed by atoms with Gasteiger partial charge in [-0.25, -0.2) is 0 Å². The Balaban J connectivity index is 4.19. The van der Waals surface area contributed by atoms with E-state index in [1.165, 1.54) is 57.8 Å². The van der Waals surface area contributed by atoms with Crippen molar-refractivity contribution < 1.29 is 19.4 Å². The van der Waals surface area contributed by atoms with Gasteiger partial charge in [-0.05, 0) is 103 Å². The molecule has 0 aromatic carbocycles. The maximum Gasteiger partial charge on any atom is 0.306 e. The molecule has 0 amide bonds. The molecule has 0 saturated carbocycles. The smallest absolute Gasteiger partial charge is 0.306 e. The van der Waals surface area contributed by atoms with Crippen LogP contribution in [0.5, 0.6) is 0 Å². The standard InChI is InChI=1S/C42H72O4/c1-3-5-7-9-11-13-15-17-18-20-21-23-25-28-32-36-40(37-33-29-27-30-34-38-41(43)44)46-42(45)39-35-31-26-24-22-19-16-14-12-10-8-6-4-2/h5,7,11,13-14,16-18,21,23,40H,3-4,6,8-10,12,15,19-20,22,24-39H2,1-2H3,(H,43,44)/b7-5-,13-11-,16-14-,18-17-,23-21-. The number of carboxylic acids is 1. The number of carboxylic acid groups (broad SMARTS) is 1. The van der Waals surface area contributed by atoms with Crippen molar-refractivity contribution in [3.8, 4) is 0 Å². The van der Waals surface area contributed by atoms with E-state index in [0.717, 1.165) is 103 Å². The highest BCUT2D eigenvalue weighted by molar-refractivity contribution is 5.69. The summed E-state index contributed by atoms with van der Waals surface area (Å²) in [5.74, 6) is -0.741. The Kier molecular flexibility index (Phi) is 35.2. The van der Waals surface area contributed by atoms with Gasteiger partial charge in [-0.3, -0.25) is 9.59 Å². The predicted octanol–water partition coefficient (Wildman–Crippen LogP) is 13.3. The summed E-state index contributed by atoms with van der Waals surface area (Å²) in [5.41, 5.74) is 0. The third kappa shape index (κ3) is 36.1. The van der Waals surface area contributed by atoms with Gasteiger partial charge in [0.15, 0.2) is 0 Å². The van der Waals surface area contributed by atoms with E-state index in [4.69, 9.17) is 9.84 Å². The van der Waals surface area contributed by atoms with Crippen LogP contribution in [0.1, 0.15) is 187 Å². The fraction of sp³-hybridized carbons (Fsp3) is 0.714. The fourth-order valence-electron chi connectivity index (χ4n) is 5.40. The molecule has 264 valence electrons. The molecule has 0 spiro atoms. The monoisotopic (exact) mass is 641 g/mol. The first-order valence-electron chi connectivity index (χ1n) is 19.3. The molecule has 4 heteroatoms. The molecular formula is C42H72O4. The van der Waals surface area contributed by atoms with E-state index in [1.807, 2.05) is 0 Å². The fourth-order valence-corrected chi connectivity index (χ4v) is 5.40. The summed E-state index contributed by atoms with van der Waals surface area (Å²) in [5, 5.41) is 8.81. The van der Waals surface area contributed by atoms with Crippen LogP contribution < -0.4 is 0 Å². The number of hydrogen-bond acceptors (Lipinski definition) is 3. The molecule has 0 radical (unpaired) electrons. The first kappa shape index (κ1) is 43.6. The normalized spacial score (nSPS) is 12.9. The van der Waals surface area contributed by atoms with Gasteiger partial charge in [-0.1, -0.05) is 132 Å². The Labute approximate surface area is 284 Å². The van der Waals surface area contributed by atoms with Gasteiger partial charge in [0.25, 0.3) is 0 Å².